The maximum Gasteiger partial charge on any atom is 0.241 e. The van der Waals surface area contributed by atoms with Crippen LogP contribution < -0.4 is 9.62 Å². The van der Waals surface area contributed by atoms with E-state index in [-0.39, 0.29) is 12.5 Å². The zero-order valence-electron chi connectivity index (χ0n) is 18.1. The van der Waals surface area contributed by atoms with Crippen molar-refractivity contribution >= 4 is 33.2 Å². The highest BCUT2D eigenvalue weighted by atomic mass is 35.5. The molecule has 0 unspecified atom stereocenters. The van der Waals surface area contributed by atoms with Gasteiger partial charge < -0.3 is 5.32 Å². The number of hydrogen-bond acceptors (Lipinski definition) is 4. The van der Waals surface area contributed by atoms with E-state index in [1.54, 1.807) is 25.1 Å². The molecular formula is C23H30ClN3O3S. The van der Waals surface area contributed by atoms with Crippen LogP contribution in [-0.2, 0) is 27.9 Å². The molecule has 0 spiro atoms. The van der Waals surface area contributed by atoms with E-state index in [4.69, 9.17) is 11.6 Å². The molecule has 8 heteroatoms. The minimum absolute atomic E-state index is 0.299. The molecule has 168 valence electrons. The number of aryl methyl sites for hydroxylation is 1. The molecule has 1 amide bonds. The molecular weight excluding hydrogens is 434 g/mol. The quantitative estimate of drug-likeness (QED) is 0.647. The van der Waals surface area contributed by atoms with Crippen molar-refractivity contribution in [2.45, 2.75) is 39.3 Å². The average Bonchev–Trinajstić information content (AvgIpc) is 2.73. The molecule has 0 bridgehead atoms. The molecule has 2 aromatic rings. The Morgan fingerprint density at radius 3 is 2.35 bits per heavy atom. The molecule has 1 N–H and O–H groups in total. The lowest BCUT2D eigenvalue weighted by molar-refractivity contribution is -0.119. The Hall–Kier alpha value is -2.09. The van der Waals surface area contributed by atoms with Crippen LogP contribution in [0.15, 0.2) is 42.5 Å². The number of anilines is 1. The SMILES string of the molecule is Cc1ccc(Cl)cc1N(CC(=O)NCc1ccc(CN2CCCCC2)cc1)S(C)(=O)=O. The summed E-state index contributed by atoms with van der Waals surface area (Å²) in [6.45, 7) is 5.09. The van der Waals surface area contributed by atoms with Gasteiger partial charge in [-0.2, -0.15) is 0 Å². The summed E-state index contributed by atoms with van der Waals surface area (Å²) in [5, 5.41) is 3.23. The third kappa shape index (κ3) is 6.95. The number of nitrogens with zero attached hydrogens (tertiary/aromatic N) is 2. The largest absolute Gasteiger partial charge is 0.350 e. The molecule has 0 saturated carbocycles. The van der Waals surface area contributed by atoms with Crippen LogP contribution in [0.1, 0.15) is 36.0 Å². The number of carbonyl (C=O) groups excluding carboxylic acids is 1. The first-order chi connectivity index (χ1) is 14.7. The van der Waals surface area contributed by atoms with Crippen molar-refractivity contribution in [3.05, 3.63) is 64.2 Å². The molecule has 31 heavy (non-hydrogen) atoms. The summed E-state index contributed by atoms with van der Waals surface area (Å²) in [6, 6.07) is 13.2. The second-order valence-corrected chi connectivity index (χ2v) is 10.5. The van der Waals surface area contributed by atoms with Crippen LogP contribution in [0.25, 0.3) is 0 Å². The van der Waals surface area contributed by atoms with Gasteiger partial charge in [0.05, 0.1) is 11.9 Å². The summed E-state index contributed by atoms with van der Waals surface area (Å²) >= 11 is 6.04. The Morgan fingerprint density at radius 2 is 1.71 bits per heavy atom. The molecule has 0 atom stereocenters. The molecule has 0 aliphatic carbocycles. The Kier molecular flexibility index (Phi) is 7.97. The number of sulfonamides is 1. The number of likely N-dealkylation sites (tertiary alicyclic amines) is 1. The summed E-state index contributed by atoms with van der Waals surface area (Å²) in [5.41, 5.74) is 3.37. The number of amides is 1. The van der Waals surface area contributed by atoms with Gasteiger partial charge in [-0.05, 0) is 61.7 Å². The zero-order chi connectivity index (χ0) is 22.4. The Bertz CT molecular complexity index is 1000. The monoisotopic (exact) mass is 463 g/mol. The highest BCUT2D eigenvalue weighted by molar-refractivity contribution is 7.92. The topological polar surface area (TPSA) is 69.7 Å². The van der Waals surface area contributed by atoms with Crippen LogP contribution in [0.4, 0.5) is 5.69 Å². The number of hydrogen-bond donors (Lipinski definition) is 1. The van der Waals surface area contributed by atoms with Gasteiger partial charge in [0, 0.05) is 18.1 Å². The number of rotatable bonds is 8. The van der Waals surface area contributed by atoms with Crippen molar-refractivity contribution in [3.8, 4) is 0 Å². The van der Waals surface area contributed by atoms with Gasteiger partial charge in [-0.1, -0.05) is 48.4 Å². The van der Waals surface area contributed by atoms with E-state index >= 15 is 0 Å². The zero-order valence-corrected chi connectivity index (χ0v) is 19.7. The normalized spacial score (nSPS) is 14.9. The van der Waals surface area contributed by atoms with Gasteiger partial charge in [0.2, 0.25) is 15.9 Å². The van der Waals surface area contributed by atoms with E-state index < -0.39 is 10.0 Å². The van der Waals surface area contributed by atoms with E-state index in [2.05, 4.69) is 22.3 Å². The lowest BCUT2D eigenvalue weighted by atomic mass is 10.1. The van der Waals surface area contributed by atoms with Crippen molar-refractivity contribution < 1.29 is 13.2 Å². The lowest BCUT2D eigenvalue weighted by Gasteiger charge is -2.26. The van der Waals surface area contributed by atoms with Crippen molar-refractivity contribution in [2.75, 3.05) is 30.2 Å². The molecule has 1 fully saturated rings. The van der Waals surface area contributed by atoms with E-state index in [1.165, 1.54) is 24.8 Å². The third-order valence-corrected chi connectivity index (χ3v) is 6.86. The Balaban J connectivity index is 1.58. The van der Waals surface area contributed by atoms with Crippen LogP contribution in [0.3, 0.4) is 0 Å². The van der Waals surface area contributed by atoms with Gasteiger partial charge in [-0.15, -0.1) is 0 Å². The molecule has 0 aromatic heterocycles. The van der Waals surface area contributed by atoms with Crippen molar-refractivity contribution in [3.63, 3.8) is 0 Å². The number of benzene rings is 2. The maximum atomic E-state index is 12.5. The predicted octanol–water partition coefficient (Wildman–Crippen LogP) is 3.72. The van der Waals surface area contributed by atoms with Crippen LogP contribution in [0.5, 0.6) is 0 Å². The molecule has 1 aliphatic rings. The fourth-order valence-corrected chi connectivity index (χ4v) is 4.83. The van der Waals surface area contributed by atoms with Crippen molar-refractivity contribution in [2.24, 2.45) is 0 Å². The first kappa shape index (κ1) is 23.6. The van der Waals surface area contributed by atoms with E-state index in [9.17, 15) is 13.2 Å². The first-order valence-electron chi connectivity index (χ1n) is 10.5. The summed E-state index contributed by atoms with van der Waals surface area (Å²) < 4.78 is 25.7. The van der Waals surface area contributed by atoms with E-state index in [1.807, 2.05) is 12.1 Å². The molecule has 1 heterocycles. The fraction of sp³-hybridized carbons (Fsp3) is 0.435. The van der Waals surface area contributed by atoms with Crippen LogP contribution in [-0.4, -0.2) is 45.1 Å². The second-order valence-electron chi connectivity index (χ2n) is 8.13. The fourth-order valence-electron chi connectivity index (χ4n) is 3.76. The minimum Gasteiger partial charge on any atom is -0.350 e. The second kappa shape index (κ2) is 10.5. The summed E-state index contributed by atoms with van der Waals surface area (Å²) in [7, 11) is -3.65. The van der Waals surface area contributed by atoms with E-state index in [0.29, 0.717) is 17.3 Å². The van der Waals surface area contributed by atoms with Gasteiger partial charge in [-0.3, -0.25) is 14.0 Å². The van der Waals surface area contributed by atoms with E-state index in [0.717, 1.165) is 41.3 Å². The van der Waals surface area contributed by atoms with Crippen LogP contribution in [0.2, 0.25) is 5.02 Å². The summed E-state index contributed by atoms with van der Waals surface area (Å²) in [6.07, 6.45) is 4.94. The predicted molar refractivity (Wildman–Crippen MR) is 126 cm³/mol. The van der Waals surface area contributed by atoms with Crippen LogP contribution >= 0.6 is 11.6 Å². The Labute approximate surface area is 190 Å². The minimum atomic E-state index is -3.65. The molecule has 3 rings (SSSR count). The standard InChI is InChI=1S/C23H30ClN3O3S/c1-18-6-11-21(24)14-22(18)27(31(2,29)30)17-23(28)25-15-19-7-9-20(10-8-19)16-26-12-4-3-5-13-26/h6-11,14H,3-5,12-13,15-17H2,1-2H3,(H,25,28). The maximum absolute atomic E-state index is 12.5. The van der Waals surface area contributed by atoms with Gasteiger partial charge in [0.1, 0.15) is 6.54 Å². The van der Waals surface area contributed by atoms with Gasteiger partial charge in [0.15, 0.2) is 0 Å². The Morgan fingerprint density at radius 1 is 1.06 bits per heavy atom. The number of piperidine rings is 1. The van der Waals surface area contributed by atoms with Crippen molar-refractivity contribution in [1.29, 1.82) is 0 Å². The highest BCUT2D eigenvalue weighted by Gasteiger charge is 2.22. The smallest absolute Gasteiger partial charge is 0.241 e. The lowest BCUT2D eigenvalue weighted by Crippen LogP contribution is -2.40. The summed E-state index contributed by atoms with van der Waals surface area (Å²) in [4.78, 5) is 15.0. The third-order valence-electron chi connectivity index (χ3n) is 5.49. The molecule has 1 saturated heterocycles. The van der Waals surface area contributed by atoms with Gasteiger partial charge >= 0.3 is 0 Å². The van der Waals surface area contributed by atoms with Gasteiger partial charge in [0.25, 0.3) is 0 Å². The molecule has 0 radical (unpaired) electrons. The first-order valence-corrected chi connectivity index (χ1v) is 12.8. The number of carbonyl (C=O) groups is 1. The number of halogens is 1. The highest BCUT2D eigenvalue weighted by Crippen LogP contribution is 2.26. The average molecular weight is 464 g/mol. The molecule has 1 aliphatic heterocycles. The van der Waals surface area contributed by atoms with Crippen molar-refractivity contribution in [1.82, 2.24) is 10.2 Å². The van der Waals surface area contributed by atoms with Crippen LogP contribution in [0, 0.1) is 6.92 Å². The number of nitrogens with one attached hydrogen (secondary N) is 1. The summed E-state index contributed by atoms with van der Waals surface area (Å²) in [5.74, 6) is -0.373. The molecule has 6 nitrogen and oxygen atoms in total. The van der Waals surface area contributed by atoms with Gasteiger partial charge in [-0.25, -0.2) is 8.42 Å². The molecule has 2 aromatic carbocycles.